The summed E-state index contributed by atoms with van der Waals surface area (Å²) in [5, 5.41) is 2.07. The quantitative estimate of drug-likeness (QED) is 0.619. The molecular weight excluding hydrogens is 322 g/mol. The number of carbonyl (C=O) groups is 2. The highest BCUT2D eigenvalue weighted by Crippen LogP contribution is 2.59. The zero-order valence-electron chi connectivity index (χ0n) is 14.8. The van der Waals surface area contributed by atoms with Gasteiger partial charge in [0.1, 0.15) is 0 Å². The molecule has 0 aromatic carbocycles. The van der Waals surface area contributed by atoms with E-state index in [0.29, 0.717) is 13.1 Å². The number of hydrogen-bond donors (Lipinski definition) is 0. The number of ether oxygens (including phenoxy) is 1. The lowest BCUT2D eigenvalue weighted by molar-refractivity contribution is -0.154. The number of carbonyl (C=O) groups excluding carboxylic acids is 2. The van der Waals surface area contributed by atoms with Gasteiger partial charge in [-0.25, -0.2) is 0 Å². The van der Waals surface area contributed by atoms with Gasteiger partial charge in [-0.05, 0) is 48.6 Å². The Morgan fingerprint density at radius 2 is 2.17 bits per heavy atom. The third kappa shape index (κ3) is 3.27. The summed E-state index contributed by atoms with van der Waals surface area (Å²) in [6, 6.07) is 2.07. The summed E-state index contributed by atoms with van der Waals surface area (Å²) in [5.41, 5.74) is 2.35. The van der Waals surface area contributed by atoms with Crippen molar-refractivity contribution < 1.29 is 14.3 Å². The molecule has 3 rings (SSSR count). The number of fused-ring (bicyclic) bond motifs is 1. The molecule has 1 fully saturated rings. The average Bonchev–Trinajstić information content (AvgIpc) is 2.88. The van der Waals surface area contributed by atoms with E-state index in [9.17, 15) is 9.59 Å². The SMILES string of the molecule is CC(C)=C[C@H]1[C@@H](C(=O)OCC(=O)N2CCc3sccc3C2)C1(C)C. The van der Waals surface area contributed by atoms with Crippen molar-refractivity contribution in [2.45, 2.75) is 40.7 Å². The van der Waals surface area contributed by atoms with Crippen molar-refractivity contribution in [2.24, 2.45) is 17.3 Å². The Labute approximate surface area is 147 Å². The predicted molar refractivity (Wildman–Crippen MR) is 94.6 cm³/mol. The fraction of sp³-hybridized carbons (Fsp3) is 0.579. The van der Waals surface area contributed by atoms with Crippen LogP contribution in [-0.4, -0.2) is 29.9 Å². The van der Waals surface area contributed by atoms with Gasteiger partial charge < -0.3 is 9.64 Å². The zero-order chi connectivity index (χ0) is 17.5. The number of esters is 1. The van der Waals surface area contributed by atoms with E-state index in [1.54, 1.807) is 16.2 Å². The van der Waals surface area contributed by atoms with Gasteiger partial charge in [-0.1, -0.05) is 25.5 Å². The summed E-state index contributed by atoms with van der Waals surface area (Å²) in [6.45, 7) is 9.42. The molecule has 1 amide bonds. The molecule has 0 N–H and O–H groups in total. The number of hydrogen-bond acceptors (Lipinski definition) is 4. The summed E-state index contributed by atoms with van der Waals surface area (Å²) >= 11 is 1.75. The molecule has 0 bridgehead atoms. The van der Waals surface area contributed by atoms with Crippen LogP contribution in [0.2, 0.25) is 0 Å². The van der Waals surface area contributed by atoms with Crippen molar-refractivity contribution in [3.63, 3.8) is 0 Å². The van der Waals surface area contributed by atoms with E-state index >= 15 is 0 Å². The molecule has 1 aromatic rings. The molecule has 4 nitrogen and oxygen atoms in total. The zero-order valence-corrected chi connectivity index (χ0v) is 15.6. The molecule has 2 atom stereocenters. The normalized spacial score (nSPS) is 24.1. The van der Waals surface area contributed by atoms with E-state index in [4.69, 9.17) is 4.74 Å². The minimum Gasteiger partial charge on any atom is -0.455 e. The lowest BCUT2D eigenvalue weighted by atomic mass is 10.1. The molecule has 0 unspecified atom stereocenters. The van der Waals surface area contributed by atoms with Gasteiger partial charge in [0.15, 0.2) is 6.61 Å². The molecule has 0 spiro atoms. The molecule has 1 aliphatic heterocycles. The van der Waals surface area contributed by atoms with E-state index in [-0.39, 0.29) is 35.7 Å². The van der Waals surface area contributed by atoms with E-state index in [2.05, 4.69) is 31.4 Å². The molecule has 0 saturated heterocycles. The van der Waals surface area contributed by atoms with Gasteiger partial charge in [0.2, 0.25) is 0 Å². The maximum absolute atomic E-state index is 12.3. The number of thiophene rings is 1. The van der Waals surface area contributed by atoms with Crippen molar-refractivity contribution in [3.8, 4) is 0 Å². The summed E-state index contributed by atoms with van der Waals surface area (Å²) < 4.78 is 5.34. The van der Waals surface area contributed by atoms with Gasteiger partial charge in [-0.15, -0.1) is 11.3 Å². The Hall–Kier alpha value is -1.62. The Morgan fingerprint density at radius 3 is 2.88 bits per heavy atom. The van der Waals surface area contributed by atoms with Crippen LogP contribution in [0.5, 0.6) is 0 Å². The van der Waals surface area contributed by atoms with Crippen LogP contribution in [0, 0.1) is 17.3 Å². The fourth-order valence-corrected chi connectivity index (χ4v) is 4.46. The maximum atomic E-state index is 12.3. The highest BCUT2D eigenvalue weighted by Gasteiger charge is 2.61. The molecule has 2 heterocycles. The van der Waals surface area contributed by atoms with Crippen molar-refractivity contribution in [3.05, 3.63) is 33.5 Å². The van der Waals surface area contributed by atoms with Crippen molar-refractivity contribution in [2.75, 3.05) is 13.2 Å². The number of rotatable bonds is 4. The minimum absolute atomic E-state index is 0.0753. The topological polar surface area (TPSA) is 46.6 Å². The summed E-state index contributed by atoms with van der Waals surface area (Å²) in [6.07, 6.45) is 3.03. The van der Waals surface area contributed by atoms with Gasteiger partial charge in [0.05, 0.1) is 5.92 Å². The van der Waals surface area contributed by atoms with Gasteiger partial charge in [-0.2, -0.15) is 0 Å². The fourth-order valence-electron chi connectivity index (χ4n) is 3.57. The van der Waals surface area contributed by atoms with Crippen LogP contribution in [0.25, 0.3) is 0 Å². The van der Waals surface area contributed by atoms with E-state index in [1.807, 2.05) is 13.8 Å². The monoisotopic (exact) mass is 347 g/mol. The maximum Gasteiger partial charge on any atom is 0.310 e. The van der Waals surface area contributed by atoms with Crippen molar-refractivity contribution in [1.29, 1.82) is 0 Å². The first-order valence-electron chi connectivity index (χ1n) is 8.45. The molecule has 1 aliphatic carbocycles. The van der Waals surface area contributed by atoms with Gasteiger partial charge in [0, 0.05) is 18.0 Å². The highest BCUT2D eigenvalue weighted by atomic mass is 32.1. The van der Waals surface area contributed by atoms with E-state index in [0.717, 1.165) is 6.42 Å². The summed E-state index contributed by atoms with van der Waals surface area (Å²) in [7, 11) is 0. The van der Waals surface area contributed by atoms with Crippen LogP contribution in [0.1, 0.15) is 38.1 Å². The first kappa shape index (κ1) is 17.2. The Bertz CT molecular complexity index is 685. The van der Waals surface area contributed by atoms with E-state index < -0.39 is 0 Å². The number of allylic oxidation sites excluding steroid dienone is 2. The average molecular weight is 347 g/mol. The van der Waals surface area contributed by atoms with Gasteiger partial charge in [-0.3, -0.25) is 9.59 Å². The number of amides is 1. The third-order valence-electron chi connectivity index (χ3n) is 5.18. The molecule has 2 aliphatic rings. The molecular formula is C19H25NO3S. The summed E-state index contributed by atoms with van der Waals surface area (Å²) in [5.74, 6) is -0.264. The van der Waals surface area contributed by atoms with Crippen LogP contribution in [0.15, 0.2) is 23.1 Å². The van der Waals surface area contributed by atoms with Gasteiger partial charge >= 0.3 is 5.97 Å². The van der Waals surface area contributed by atoms with E-state index in [1.165, 1.54) is 16.0 Å². The standard InChI is InChI=1S/C19H25NO3S/c1-12(2)9-14-17(19(14,3)4)18(22)23-11-16(21)20-7-5-15-13(10-20)6-8-24-15/h6,8-9,14,17H,5,7,10-11H2,1-4H3/t14-,17-/m0/s1. The molecule has 1 saturated carbocycles. The van der Waals surface area contributed by atoms with Crippen LogP contribution < -0.4 is 0 Å². The lowest BCUT2D eigenvalue weighted by Crippen LogP contribution is -2.38. The smallest absolute Gasteiger partial charge is 0.310 e. The van der Waals surface area contributed by atoms with Crippen LogP contribution in [-0.2, 0) is 27.3 Å². The Kier molecular flexibility index (Phi) is 4.56. The molecule has 130 valence electrons. The molecule has 24 heavy (non-hydrogen) atoms. The second-order valence-corrected chi connectivity index (χ2v) is 8.61. The second kappa shape index (κ2) is 6.36. The first-order chi connectivity index (χ1) is 11.3. The first-order valence-corrected chi connectivity index (χ1v) is 9.33. The predicted octanol–water partition coefficient (Wildman–Crippen LogP) is 3.41. The summed E-state index contributed by atoms with van der Waals surface area (Å²) in [4.78, 5) is 27.8. The van der Waals surface area contributed by atoms with Crippen LogP contribution in [0.3, 0.4) is 0 Å². The van der Waals surface area contributed by atoms with Crippen LogP contribution >= 0.6 is 11.3 Å². The van der Waals surface area contributed by atoms with Crippen molar-refractivity contribution in [1.82, 2.24) is 4.90 Å². The molecule has 0 radical (unpaired) electrons. The van der Waals surface area contributed by atoms with Crippen molar-refractivity contribution >= 4 is 23.2 Å². The largest absolute Gasteiger partial charge is 0.455 e. The second-order valence-electron chi connectivity index (χ2n) is 7.61. The number of nitrogens with zero attached hydrogens (tertiary/aromatic N) is 1. The van der Waals surface area contributed by atoms with Gasteiger partial charge in [0.25, 0.3) is 5.91 Å². The third-order valence-corrected chi connectivity index (χ3v) is 6.20. The molecule has 1 aromatic heterocycles. The Morgan fingerprint density at radius 1 is 1.42 bits per heavy atom. The Balaban J connectivity index is 1.52. The van der Waals surface area contributed by atoms with Crippen LogP contribution in [0.4, 0.5) is 0 Å². The highest BCUT2D eigenvalue weighted by molar-refractivity contribution is 7.10. The minimum atomic E-state index is -0.246. The molecule has 5 heteroatoms. The lowest BCUT2D eigenvalue weighted by Gasteiger charge is -2.26.